The standard InChI is InChI=1S/C14H18FO2/c1-10(13(16)17-14(2,3)4)9-11-5-7-12(15)8-6-11/h5-10H,1-4H3/t10-/m1/s1. The van der Waals surface area contributed by atoms with Crippen LogP contribution >= 0.6 is 0 Å². The van der Waals surface area contributed by atoms with Crippen molar-refractivity contribution in [3.05, 3.63) is 42.1 Å². The summed E-state index contributed by atoms with van der Waals surface area (Å²) in [6.07, 6.45) is 1.76. The second-order valence-corrected chi connectivity index (χ2v) is 5.04. The van der Waals surface area contributed by atoms with E-state index in [0.717, 1.165) is 5.56 Å². The van der Waals surface area contributed by atoms with Crippen LogP contribution < -0.4 is 0 Å². The Morgan fingerprint density at radius 1 is 1.29 bits per heavy atom. The van der Waals surface area contributed by atoms with Gasteiger partial charge in [0.1, 0.15) is 11.4 Å². The normalized spacial score (nSPS) is 13.2. The highest BCUT2D eigenvalue weighted by Crippen LogP contribution is 2.16. The van der Waals surface area contributed by atoms with Crippen LogP contribution in [0.5, 0.6) is 0 Å². The van der Waals surface area contributed by atoms with Crippen molar-refractivity contribution in [3.8, 4) is 0 Å². The largest absolute Gasteiger partial charge is 0.460 e. The maximum atomic E-state index is 12.7. The lowest BCUT2D eigenvalue weighted by molar-refractivity contribution is -0.158. The van der Waals surface area contributed by atoms with E-state index in [1.807, 2.05) is 20.8 Å². The van der Waals surface area contributed by atoms with Crippen molar-refractivity contribution >= 4 is 5.97 Å². The third-order valence-electron chi connectivity index (χ3n) is 2.09. The van der Waals surface area contributed by atoms with Crippen LogP contribution in [0, 0.1) is 18.2 Å². The number of halogens is 1. The van der Waals surface area contributed by atoms with Gasteiger partial charge < -0.3 is 4.74 Å². The topological polar surface area (TPSA) is 26.3 Å². The first-order valence-corrected chi connectivity index (χ1v) is 5.61. The number of hydrogen-bond donors (Lipinski definition) is 0. The summed E-state index contributed by atoms with van der Waals surface area (Å²) in [5.41, 5.74) is 0.326. The zero-order chi connectivity index (χ0) is 13.1. The first-order chi connectivity index (χ1) is 7.78. The van der Waals surface area contributed by atoms with Gasteiger partial charge in [-0.05, 0) is 38.5 Å². The fraction of sp³-hybridized carbons (Fsp3) is 0.429. The van der Waals surface area contributed by atoms with Crippen LogP contribution in [0.1, 0.15) is 33.3 Å². The minimum Gasteiger partial charge on any atom is -0.460 e. The summed E-state index contributed by atoms with van der Waals surface area (Å²) < 4.78 is 18.0. The van der Waals surface area contributed by atoms with Crippen LogP contribution in [-0.2, 0) is 9.53 Å². The fourth-order valence-corrected chi connectivity index (χ4v) is 1.33. The molecule has 1 radical (unpaired) electrons. The SMILES string of the molecule is C[C@H]([CH]c1ccc(F)cc1)C(=O)OC(C)(C)C. The summed E-state index contributed by atoms with van der Waals surface area (Å²) in [7, 11) is 0. The molecular weight excluding hydrogens is 219 g/mol. The average molecular weight is 237 g/mol. The second-order valence-electron chi connectivity index (χ2n) is 5.04. The summed E-state index contributed by atoms with van der Waals surface area (Å²) in [6, 6.07) is 6.01. The Hall–Kier alpha value is -1.38. The highest BCUT2D eigenvalue weighted by molar-refractivity contribution is 5.74. The van der Waals surface area contributed by atoms with Crippen LogP contribution in [-0.4, -0.2) is 11.6 Å². The molecule has 0 N–H and O–H groups in total. The van der Waals surface area contributed by atoms with Crippen LogP contribution in [0.15, 0.2) is 24.3 Å². The van der Waals surface area contributed by atoms with Gasteiger partial charge in [-0.2, -0.15) is 0 Å². The summed E-state index contributed by atoms with van der Waals surface area (Å²) >= 11 is 0. The predicted octanol–water partition coefficient (Wildman–Crippen LogP) is 3.36. The van der Waals surface area contributed by atoms with Crippen LogP contribution in [0.25, 0.3) is 0 Å². The van der Waals surface area contributed by atoms with Crippen molar-refractivity contribution in [3.63, 3.8) is 0 Å². The molecule has 1 aromatic carbocycles. The van der Waals surface area contributed by atoms with Crippen LogP contribution in [0.4, 0.5) is 4.39 Å². The molecule has 0 heterocycles. The number of carbonyl (C=O) groups is 1. The molecule has 0 spiro atoms. The van der Waals surface area contributed by atoms with Gasteiger partial charge in [-0.25, -0.2) is 4.39 Å². The molecule has 0 aliphatic heterocycles. The zero-order valence-corrected chi connectivity index (χ0v) is 10.7. The maximum absolute atomic E-state index is 12.7. The Bertz CT molecular complexity index is 376. The highest BCUT2D eigenvalue weighted by atomic mass is 19.1. The van der Waals surface area contributed by atoms with E-state index in [0.29, 0.717) is 0 Å². The Labute approximate surface area is 102 Å². The van der Waals surface area contributed by atoms with Gasteiger partial charge in [0.25, 0.3) is 0 Å². The molecule has 0 fully saturated rings. The Balaban J connectivity index is 2.57. The molecule has 0 saturated carbocycles. The summed E-state index contributed by atoms with van der Waals surface area (Å²) in [4.78, 5) is 11.7. The summed E-state index contributed by atoms with van der Waals surface area (Å²) in [6.45, 7) is 7.25. The van der Waals surface area contributed by atoms with E-state index in [1.54, 1.807) is 25.5 Å². The van der Waals surface area contributed by atoms with Crippen molar-refractivity contribution in [2.45, 2.75) is 33.3 Å². The van der Waals surface area contributed by atoms with Gasteiger partial charge in [0, 0.05) is 6.42 Å². The monoisotopic (exact) mass is 237 g/mol. The Kier molecular flexibility index (Phi) is 4.27. The third kappa shape index (κ3) is 4.98. The van der Waals surface area contributed by atoms with E-state index in [9.17, 15) is 9.18 Å². The van der Waals surface area contributed by atoms with Gasteiger partial charge in [-0.15, -0.1) is 0 Å². The van der Waals surface area contributed by atoms with Gasteiger partial charge in [-0.1, -0.05) is 19.1 Å². The molecule has 0 aromatic heterocycles. The number of hydrogen-bond acceptors (Lipinski definition) is 2. The van der Waals surface area contributed by atoms with E-state index in [4.69, 9.17) is 4.74 Å². The maximum Gasteiger partial charge on any atom is 0.309 e. The summed E-state index contributed by atoms with van der Waals surface area (Å²) in [5.74, 6) is -0.909. The van der Waals surface area contributed by atoms with Crippen molar-refractivity contribution in [1.29, 1.82) is 0 Å². The van der Waals surface area contributed by atoms with E-state index in [-0.39, 0.29) is 17.7 Å². The summed E-state index contributed by atoms with van der Waals surface area (Å²) in [5, 5.41) is 0. The Morgan fingerprint density at radius 2 is 1.82 bits per heavy atom. The lowest BCUT2D eigenvalue weighted by Gasteiger charge is -2.22. The van der Waals surface area contributed by atoms with Gasteiger partial charge in [0.15, 0.2) is 0 Å². The van der Waals surface area contributed by atoms with Gasteiger partial charge >= 0.3 is 5.97 Å². The van der Waals surface area contributed by atoms with Crippen molar-refractivity contribution in [2.75, 3.05) is 0 Å². The first kappa shape index (κ1) is 13.7. The minimum atomic E-state index is -0.484. The molecule has 0 aliphatic carbocycles. The van der Waals surface area contributed by atoms with E-state index in [2.05, 4.69) is 0 Å². The van der Waals surface area contributed by atoms with E-state index >= 15 is 0 Å². The first-order valence-electron chi connectivity index (χ1n) is 5.61. The lowest BCUT2D eigenvalue weighted by atomic mass is 10.0. The molecule has 0 saturated heterocycles. The number of carbonyl (C=O) groups excluding carboxylic acids is 1. The number of ether oxygens (including phenoxy) is 1. The van der Waals surface area contributed by atoms with Crippen molar-refractivity contribution in [2.24, 2.45) is 5.92 Å². The average Bonchev–Trinajstić information content (AvgIpc) is 2.19. The minimum absolute atomic E-state index is 0.276. The predicted molar refractivity (Wildman–Crippen MR) is 64.8 cm³/mol. The van der Waals surface area contributed by atoms with Crippen molar-refractivity contribution < 1.29 is 13.9 Å². The number of benzene rings is 1. The van der Waals surface area contributed by atoms with E-state index < -0.39 is 5.60 Å². The third-order valence-corrected chi connectivity index (χ3v) is 2.09. The zero-order valence-electron chi connectivity index (χ0n) is 10.7. The lowest BCUT2D eigenvalue weighted by Crippen LogP contribution is -2.27. The molecule has 1 rings (SSSR count). The molecule has 1 aromatic rings. The molecule has 0 unspecified atom stereocenters. The molecule has 93 valence electrons. The van der Waals surface area contributed by atoms with Crippen LogP contribution in [0.3, 0.4) is 0 Å². The van der Waals surface area contributed by atoms with Gasteiger partial charge in [-0.3, -0.25) is 4.79 Å². The van der Waals surface area contributed by atoms with Gasteiger partial charge in [0.05, 0.1) is 5.92 Å². The fourth-order valence-electron chi connectivity index (χ4n) is 1.33. The van der Waals surface area contributed by atoms with E-state index in [1.165, 1.54) is 12.1 Å². The van der Waals surface area contributed by atoms with Crippen molar-refractivity contribution in [1.82, 2.24) is 0 Å². The highest BCUT2D eigenvalue weighted by Gasteiger charge is 2.21. The quantitative estimate of drug-likeness (QED) is 0.753. The van der Waals surface area contributed by atoms with Gasteiger partial charge in [0.2, 0.25) is 0 Å². The second kappa shape index (κ2) is 5.30. The molecule has 0 aliphatic rings. The van der Waals surface area contributed by atoms with Crippen LogP contribution in [0.2, 0.25) is 0 Å². The number of rotatable bonds is 3. The molecule has 1 atom stereocenters. The smallest absolute Gasteiger partial charge is 0.309 e. The number of esters is 1. The molecule has 0 amide bonds. The molecular formula is C14H18FO2. The molecule has 0 bridgehead atoms. The molecule has 17 heavy (non-hydrogen) atoms. The Morgan fingerprint density at radius 3 is 2.29 bits per heavy atom. The molecule has 2 nitrogen and oxygen atoms in total. The molecule has 3 heteroatoms.